The van der Waals surface area contributed by atoms with Crippen LogP contribution in [0, 0.1) is 6.92 Å². The molecule has 8 heteroatoms. The predicted octanol–water partition coefficient (Wildman–Crippen LogP) is 5.14. The van der Waals surface area contributed by atoms with Crippen LogP contribution in [0.1, 0.15) is 5.56 Å². The van der Waals surface area contributed by atoms with E-state index in [4.69, 9.17) is 11.6 Å². The van der Waals surface area contributed by atoms with Crippen LogP contribution in [0.15, 0.2) is 69.9 Å². The molecule has 5 nitrogen and oxygen atoms in total. The van der Waals surface area contributed by atoms with Gasteiger partial charge < -0.3 is 5.32 Å². The van der Waals surface area contributed by atoms with Gasteiger partial charge in [-0.1, -0.05) is 53.7 Å². The van der Waals surface area contributed by atoms with Crippen molar-refractivity contribution >= 4 is 56.5 Å². The second-order valence-electron chi connectivity index (χ2n) is 6.27. The van der Waals surface area contributed by atoms with E-state index in [-0.39, 0.29) is 17.2 Å². The molecule has 0 aliphatic rings. The minimum Gasteiger partial charge on any atom is -0.324 e. The van der Waals surface area contributed by atoms with Crippen molar-refractivity contribution < 1.29 is 4.79 Å². The van der Waals surface area contributed by atoms with Crippen LogP contribution in [0.2, 0.25) is 5.02 Å². The normalized spacial score (nSPS) is 11.0. The van der Waals surface area contributed by atoms with Gasteiger partial charge in [-0.25, -0.2) is 4.98 Å². The van der Waals surface area contributed by atoms with Gasteiger partial charge in [-0.15, -0.1) is 11.3 Å². The van der Waals surface area contributed by atoms with Gasteiger partial charge in [0.25, 0.3) is 5.56 Å². The molecule has 0 fully saturated rings. The van der Waals surface area contributed by atoms with Gasteiger partial charge in [-0.3, -0.25) is 14.2 Å². The van der Waals surface area contributed by atoms with Gasteiger partial charge in [0.15, 0.2) is 5.16 Å². The van der Waals surface area contributed by atoms with E-state index in [0.29, 0.717) is 31.8 Å². The molecule has 2 aromatic carbocycles. The number of fused-ring (bicyclic) bond motifs is 1. The molecule has 0 atom stereocenters. The quantitative estimate of drug-likeness (QED) is 0.344. The Morgan fingerprint density at radius 2 is 1.97 bits per heavy atom. The molecule has 1 amide bonds. The number of aryl methyl sites for hydroxylation is 1. The zero-order valence-corrected chi connectivity index (χ0v) is 17.8. The lowest BCUT2D eigenvalue weighted by Gasteiger charge is -2.13. The number of carbonyl (C=O) groups excluding carboxylic acids is 1. The molecule has 0 saturated carbocycles. The Balaban J connectivity index is 1.64. The highest BCUT2D eigenvalue weighted by Crippen LogP contribution is 2.27. The van der Waals surface area contributed by atoms with Crippen LogP contribution in [0.25, 0.3) is 15.9 Å². The highest BCUT2D eigenvalue weighted by molar-refractivity contribution is 7.99. The fourth-order valence-corrected chi connectivity index (χ4v) is 4.73. The number of rotatable bonds is 5. The largest absolute Gasteiger partial charge is 0.324 e. The molecule has 0 spiro atoms. The number of thioether (sulfide) groups is 1. The number of hydrogen-bond donors (Lipinski definition) is 1. The average Bonchev–Trinajstić information content (AvgIpc) is 3.19. The van der Waals surface area contributed by atoms with Crippen LogP contribution < -0.4 is 10.9 Å². The Morgan fingerprint density at radius 1 is 1.17 bits per heavy atom. The van der Waals surface area contributed by atoms with Crippen molar-refractivity contribution in [2.24, 2.45) is 0 Å². The summed E-state index contributed by atoms with van der Waals surface area (Å²) in [6.07, 6.45) is 0. The lowest BCUT2D eigenvalue weighted by Crippen LogP contribution is -2.22. The molecule has 0 saturated heterocycles. The Bertz CT molecular complexity index is 1230. The summed E-state index contributed by atoms with van der Waals surface area (Å²) >= 11 is 8.77. The van der Waals surface area contributed by atoms with Gasteiger partial charge in [-0.05, 0) is 42.1 Å². The van der Waals surface area contributed by atoms with Crippen LogP contribution in [0.3, 0.4) is 0 Å². The minimum atomic E-state index is -0.217. The van der Waals surface area contributed by atoms with Gasteiger partial charge in [0.2, 0.25) is 5.91 Å². The fraction of sp³-hybridized carbons (Fsp3) is 0.0952. The predicted molar refractivity (Wildman–Crippen MR) is 121 cm³/mol. The number of nitrogens with one attached hydrogen (secondary N) is 1. The third-order valence-electron chi connectivity index (χ3n) is 4.28. The summed E-state index contributed by atoms with van der Waals surface area (Å²) in [6.45, 7) is 1.88. The first-order chi connectivity index (χ1) is 14.0. The third kappa shape index (κ3) is 4.07. The molecule has 0 aliphatic carbocycles. The first-order valence-electron chi connectivity index (χ1n) is 8.78. The molecular formula is C21H16ClN3O2S2. The number of aromatic nitrogens is 2. The van der Waals surface area contributed by atoms with Crippen LogP contribution in [0.5, 0.6) is 0 Å². The van der Waals surface area contributed by atoms with E-state index < -0.39 is 0 Å². The number of anilines is 1. The highest BCUT2D eigenvalue weighted by Gasteiger charge is 2.16. The number of amides is 1. The second-order valence-corrected chi connectivity index (χ2v) is 8.54. The monoisotopic (exact) mass is 441 g/mol. The molecular weight excluding hydrogens is 426 g/mol. The Labute approximate surface area is 180 Å². The first kappa shape index (κ1) is 19.7. The molecule has 2 aromatic heterocycles. The number of para-hydroxylation sites is 2. The molecule has 29 heavy (non-hydrogen) atoms. The topological polar surface area (TPSA) is 64.0 Å². The number of nitrogens with zero attached hydrogens (tertiary/aromatic N) is 2. The fourth-order valence-electron chi connectivity index (χ4n) is 2.89. The van der Waals surface area contributed by atoms with Crippen LogP contribution in [-0.2, 0) is 4.79 Å². The standard InChI is InChI=1S/C21H16ClN3O2S2/c1-13-6-5-9-15(22)18(13)24-17(26)12-29-21-23-16-10-11-28-19(16)20(27)25(21)14-7-3-2-4-8-14/h2-11H,12H2,1H3,(H,24,26). The first-order valence-corrected chi connectivity index (χ1v) is 11.0. The average molecular weight is 442 g/mol. The van der Waals surface area contributed by atoms with Gasteiger partial charge in [0.05, 0.1) is 27.7 Å². The SMILES string of the molecule is Cc1cccc(Cl)c1NC(=O)CSc1nc2ccsc2c(=O)n1-c1ccccc1. The van der Waals surface area contributed by atoms with Gasteiger partial charge in [0.1, 0.15) is 4.70 Å². The summed E-state index contributed by atoms with van der Waals surface area (Å²) in [5, 5.41) is 5.65. The highest BCUT2D eigenvalue weighted by atomic mass is 35.5. The maximum atomic E-state index is 13.0. The lowest BCUT2D eigenvalue weighted by atomic mass is 10.2. The van der Waals surface area contributed by atoms with E-state index in [1.165, 1.54) is 23.1 Å². The van der Waals surface area contributed by atoms with Crippen molar-refractivity contribution in [2.45, 2.75) is 12.1 Å². The van der Waals surface area contributed by atoms with E-state index in [1.807, 2.05) is 60.8 Å². The van der Waals surface area contributed by atoms with Gasteiger partial charge >= 0.3 is 0 Å². The zero-order valence-electron chi connectivity index (χ0n) is 15.4. The zero-order chi connectivity index (χ0) is 20.4. The molecule has 4 aromatic rings. The molecule has 0 unspecified atom stereocenters. The van der Waals surface area contributed by atoms with Crippen molar-refractivity contribution in [2.75, 3.05) is 11.1 Å². The Morgan fingerprint density at radius 3 is 2.72 bits per heavy atom. The number of benzene rings is 2. The molecule has 0 radical (unpaired) electrons. The molecule has 0 bridgehead atoms. The molecule has 1 N–H and O–H groups in total. The molecule has 0 aliphatic heterocycles. The summed E-state index contributed by atoms with van der Waals surface area (Å²) in [5.74, 6) is -0.120. The number of carbonyl (C=O) groups is 1. The van der Waals surface area contributed by atoms with E-state index >= 15 is 0 Å². The van der Waals surface area contributed by atoms with Crippen molar-refractivity contribution in [3.05, 3.63) is 80.9 Å². The maximum absolute atomic E-state index is 13.0. The Hall–Kier alpha value is -2.61. The summed E-state index contributed by atoms with van der Waals surface area (Å²) in [4.78, 5) is 30.2. The van der Waals surface area contributed by atoms with Gasteiger partial charge in [-0.2, -0.15) is 0 Å². The number of hydrogen-bond acceptors (Lipinski definition) is 5. The van der Waals surface area contributed by atoms with Gasteiger partial charge in [0, 0.05) is 0 Å². The number of halogens is 1. The summed E-state index contributed by atoms with van der Waals surface area (Å²) in [7, 11) is 0. The van der Waals surface area contributed by atoms with Crippen molar-refractivity contribution in [3.8, 4) is 5.69 Å². The van der Waals surface area contributed by atoms with Crippen molar-refractivity contribution in [1.29, 1.82) is 0 Å². The summed E-state index contributed by atoms with van der Waals surface area (Å²) in [6, 6.07) is 16.6. The van der Waals surface area contributed by atoms with E-state index in [1.54, 1.807) is 10.6 Å². The van der Waals surface area contributed by atoms with Crippen LogP contribution in [-0.4, -0.2) is 21.2 Å². The molecule has 146 valence electrons. The second kappa shape index (κ2) is 8.41. The van der Waals surface area contributed by atoms with Crippen molar-refractivity contribution in [3.63, 3.8) is 0 Å². The lowest BCUT2D eigenvalue weighted by molar-refractivity contribution is -0.113. The third-order valence-corrected chi connectivity index (χ3v) is 6.43. The van der Waals surface area contributed by atoms with E-state index in [2.05, 4.69) is 10.3 Å². The smallest absolute Gasteiger partial charge is 0.276 e. The molecule has 2 heterocycles. The van der Waals surface area contributed by atoms with E-state index in [0.717, 1.165) is 5.56 Å². The van der Waals surface area contributed by atoms with Crippen molar-refractivity contribution in [1.82, 2.24) is 9.55 Å². The summed E-state index contributed by atoms with van der Waals surface area (Å²) < 4.78 is 2.15. The molecule has 4 rings (SSSR count). The summed E-state index contributed by atoms with van der Waals surface area (Å²) in [5.41, 5.74) is 2.69. The minimum absolute atomic E-state index is 0.0968. The van der Waals surface area contributed by atoms with Crippen LogP contribution in [0.4, 0.5) is 5.69 Å². The van der Waals surface area contributed by atoms with E-state index in [9.17, 15) is 9.59 Å². The van der Waals surface area contributed by atoms with Crippen LogP contribution >= 0.6 is 34.7 Å². The number of thiophene rings is 1. The maximum Gasteiger partial charge on any atom is 0.276 e. The Kier molecular flexibility index (Phi) is 5.71.